The van der Waals surface area contributed by atoms with Crippen molar-refractivity contribution in [2.24, 2.45) is 0 Å². The summed E-state index contributed by atoms with van der Waals surface area (Å²) in [6, 6.07) is 6.81. The number of hydrogen-bond donors (Lipinski definition) is 0. The second-order valence-electron chi connectivity index (χ2n) is 4.42. The molecular formula is C15H18ClNO4. The topological polar surface area (TPSA) is 48.0 Å². The van der Waals surface area contributed by atoms with Gasteiger partial charge in [-0.3, -0.25) is 0 Å². The van der Waals surface area contributed by atoms with Crippen LogP contribution in [0.2, 0.25) is 5.02 Å². The van der Waals surface area contributed by atoms with Crippen LogP contribution in [0.15, 0.2) is 36.2 Å². The highest BCUT2D eigenvalue weighted by atomic mass is 35.5. The molecule has 0 bridgehead atoms. The zero-order chi connectivity index (χ0) is 15.1. The predicted molar refractivity (Wildman–Crippen MR) is 79.2 cm³/mol. The van der Waals surface area contributed by atoms with Crippen LogP contribution in [0.5, 0.6) is 5.75 Å². The van der Waals surface area contributed by atoms with Gasteiger partial charge in [-0.1, -0.05) is 11.6 Å². The number of ether oxygens (including phenoxy) is 3. The lowest BCUT2D eigenvalue weighted by molar-refractivity contribution is -0.141. The monoisotopic (exact) mass is 311 g/mol. The van der Waals surface area contributed by atoms with Gasteiger partial charge in [0.15, 0.2) is 0 Å². The number of hydrogen-bond acceptors (Lipinski definition) is 5. The van der Waals surface area contributed by atoms with Crippen LogP contribution < -0.4 is 4.74 Å². The van der Waals surface area contributed by atoms with Crippen LogP contribution in [-0.2, 0) is 14.3 Å². The molecule has 1 aliphatic heterocycles. The van der Waals surface area contributed by atoms with E-state index < -0.39 is 5.97 Å². The molecule has 1 aromatic carbocycles. The lowest BCUT2D eigenvalue weighted by atomic mass is 10.3. The molecule has 21 heavy (non-hydrogen) atoms. The van der Waals surface area contributed by atoms with E-state index in [9.17, 15) is 4.79 Å². The standard InChI is InChI=1S/C15H18ClNO4/c1-2-20-15(18)14(11-17-7-9-19-10-8-17)21-13-5-3-12(16)4-6-13/h3-6,11H,2,7-10H2,1H3/b14-11+. The van der Waals surface area contributed by atoms with Crippen molar-refractivity contribution >= 4 is 17.6 Å². The number of esters is 1. The van der Waals surface area contributed by atoms with Gasteiger partial charge in [-0.05, 0) is 31.2 Å². The Morgan fingerprint density at radius 1 is 1.33 bits per heavy atom. The molecule has 114 valence electrons. The molecule has 1 saturated heterocycles. The summed E-state index contributed by atoms with van der Waals surface area (Å²) >= 11 is 5.83. The van der Waals surface area contributed by atoms with E-state index in [0.29, 0.717) is 43.7 Å². The molecule has 0 saturated carbocycles. The van der Waals surface area contributed by atoms with Crippen LogP contribution in [0.3, 0.4) is 0 Å². The number of benzene rings is 1. The molecule has 1 aliphatic rings. The van der Waals surface area contributed by atoms with E-state index in [4.69, 9.17) is 25.8 Å². The first-order chi connectivity index (χ1) is 10.2. The first kappa shape index (κ1) is 15.7. The molecule has 0 aliphatic carbocycles. The largest absolute Gasteiger partial charge is 0.460 e. The Hall–Kier alpha value is -1.72. The Labute approximate surface area is 129 Å². The third-order valence-corrected chi connectivity index (χ3v) is 3.12. The van der Waals surface area contributed by atoms with Crippen molar-refractivity contribution in [3.63, 3.8) is 0 Å². The van der Waals surface area contributed by atoms with Crippen molar-refractivity contribution in [1.82, 2.24) is 4.90 Å². The van der Waals surface area contributed by atoms with E-state index in [0.717, 1.165) is 0 Å². The molecule has 1 heterocycles. The summed E-state index contributed by atoms with van der Waals surface area (Å²) < 4.78 is 15.9. The van der Waals surface area contributed by atoms with Gasteiger partial charge in [-0.25, -0.2) is 4.79 Å². The molecule has 0 N–H and O–H groups in total. The van der Waals surface area contributed by atoms with Gasteiger partial charge in [0.1, 0.15) is 5.75 Å². The highest BCUT2D eigenvalue weighted by Gasteiger charge is 2.17. The molecule has 0 atom stereocenters. The SMILES string of the molecule is CCOC(=O)/C(=C\N1CCOCC1)Oc1ccc(Cl)cc1. The summed E-state index contributed by atoms with van der Waals surface area (Å²) in [4.78, 5) is 14.0. The Balaban J connectivity index is 2.12. The summed E-state index contributed by atoms with van der Waals surface area (Å²) in [5.41, 5.74) is 0. The van der Waals surface area contributed by atoms with Crippen molar-refractivity contribution < 1.29 is 19.0 Å². The van der Waals surface area contributed by atoms with E-state index in [1.165, 1.54) is 0 Å². The van der Waals surface area contributed by atoms with Crippen LogP contribution in [0, 0.1) is 0 Å². The fourth-order valence-electron chi connectivity index (χ4n) is 1.82. The summed E-state index contributed by atoms with van der Waals surface area (Å²) in [6.45, 7) is 4.75. The third kappa shape index (κ3) is 4.95. The van der Waals surface area contributed by atoms with Gasteiger partial charge in [0.25, 0.3) is 0 Å². The Kier molecular flexibility index (Phi) is 5.90. The van der Waals surface area contributed by atoms with Crippen LogP contribution in [0.25, 0.3) is 0 Å². The molecule has 0 unspecified atom stereocenters. The predicted octanol–water partition coefficient (Wildman–Crippen LogP) is 2.46. The molecule has 0 radical (unpaired) electrons. The van der Waals surface area contributed by atoms with Gasteiger partial charge in [0, 0.05) is 18.1 Å². The Morgan fingerprint density at radius 3 is 2.62 bits per heavy atom. The smallest absolute Gasteiger partial charge is 0.375 e. The normalized spacial score (nSPS) is 15.7. The van der Waals surface area contributed by atoms with Gasteiger partial charge in [-0.15, -0.1) is 0 Å². The zero-order valence-electron chi connectivity index (χ0n) is 11.9. The Bertz CT molecular complexity index is 495. The van der Waals surface area contributed by atoms with Crippen LogP contribution in [-0.4, -0.2) is 43.8 Å². The molecule has 5 nitrogen and oxygen atoms in total. The fourth-order valence-corrected chi connectivity index (χ4v) is 1.95. The van der Waals surface area contributed by atoms with Crippen molar-refractivity contribution in [3.8, 4) is 5.75 Å². The van der Waals surface area contributed by atoms with Crippen LogP contribution >= 0.6 is 11.6 Å². The van der Waals surface area contributed by atoms with Gasteiger partial charge in [0.2, 0.25) is 5.76 Å². The van der Waals surface area contributed by atoms with E-state index in [-0.39, 0.29) is 5.76 Å². The minimum Gasteiger partial charge on any atom is -0.460 e. The maximum absolute atomic E-state index is 12.0. The Morgan fingerprint density at radius 2 is 2.00 bits per heavy atom. The molecule has 6 heteroatoms. The highest BCUT2D eigenvalue weighted by molar-refractivity contribution is 6.30. The first-order valence-electron chi connectivity index (χ1n) is 6.83. The minimum atomic E-state index is -0.487. The molecular weight excluding hydrogens is 294 g/mol. The summed E-state index contributed by atoms with van der Waals surface area (Å²) in [7, 11) is 0. The maximum atomic E-state index is 12.0. The van der Waals surface area contributed by atoms with Crippen LogP contribution in [0.4, 0.5) is 0 Å². The molecule has 2 rings (SSSR count). The molecule has 0 spiro atoms. The number of halogens is 1. The molecule has 1 aromatic rings. The lowest BCUT2D eigenvalue weighted by Gasteiger charge is -2.25. The van der Waals surface area contributed by atoms with Gasteiger partial charge in [0.05, 0.1) is 26.0 Å². The van der Waals surface area contributed by atoms with Gasteiger partial charge < -0.3 is 19.1 Å². The van der Waals surface area contributed by atoms with E-state index >= 15 is 0 Å². The first-order valence-corrected chi connectivity index (χ1v) is 7.21. The van der Waals surface area contributed by atoms with Crippen molar-refractivity contribution in [2.75, 3.05) is 32.9 Å². The average Bonchev–Trinajstić information content (AvgIpc) is 2.50. The zero-order valence-corrected chi connectivity index (χ0v) is 12.6. The summed E-state index contributed by atoms with van der Waals surface area (Å²) in [6.07, 6.45) is 1.68. The minimum absolute atomic E-state index is 0.154. The van der Waals surface area contributed by atoms with Crippen LogP contribution in [0.1, 0.15) is 6.92 Å². The number of carbonyl (C=O) groups is 1. The van der Waals surface area contributed by atoms with Gasteiger partial charge >= 0.3 is 5.97 Å². The van der Waals surface area contributed by atoms with Gasteiger partial charge in [-0.2, -0.15) is 0 Å². The van der Waals surface area contributed by atoms with Crippen molar-refractivity contribution in [1.29, 1.82) is 0 Å². The van der Waals surface area contributed by atoms with E-state index in [2.05, 4.69) is 0 Å². The average molecular weight is 312 g/mol. The number of nitrogens with zero attached hydrogens (tertiary/aromatic N) is 1. The third-order valence-electron chi connectivity index (χ3n) is 2.86. The summed E-state index contributed by atoms with van der Waals surface area (Å²) in [5, 5.41) is 0.609. The van der Waals surface area contributed by atoms with E-state index in [1.807, 2.05) is 4.90 Å². The lowest BCUT2D eigenvalue weighted by Crippen LogP contribution is -2.33. The maximum Gasteiger partial charge on any atom is 0.375 e. The highest BCUT2D eigenvalue weighted by Crippen LogP contribution is 2.19. The molecule has 1 fully saturated rings. The molecule has 0 aromatic heterocycles. The van der Waals surface area contributed by atoms with Crippen molar-refractivity contribution in [2.45, 2.75) is 6.92 Å². The summed E-state index contributed by atoms with van der Waals surface area (Å²) in [5.74, 6) is 0.201. The number of morpholine rings is 1. The van der Waals surface area contributed by atoms with Crippen molar-refractivity contribution in [3.05, 3.63) is 41.2 Å². The number of carbonyl (C=O) groups excluding carboxylic acids is 1. The second-order valence-corrected chi connectivity index (χ2v) is 4.85. The van der Waals surface area contributed by atoms with E-state index in [1.54, 1.807) is 37.4 Å². The second kappa shape index (κ2) is 7.90. The quantitative estimate of drug-likeness (QED) is 0.475. The number of rotatable bonds is 5. The fraction of sp³-hybridized carbons (Fsp3) is 0.400. The molecule has 0 amide bonds.